The summed E-state index contributed by atoms with van der Waals surface area (Å²) in [6.07, 6.45) is 2.11. The van der Waals surface area contributed by atoms with Crippen molar-refractivity contribution < 1.29 is 4.79 Å². The molecule has 0 bridgehead atoms. The van der Waals surface area contributed by atoms with Crippen molar-refractivity contribution in [1.29, 1.82) is 0 Å². The smallest absolute Gasteiger partial charge is 0.223 e. The molecule has 0 saturated heterocycles. The van der Waals surface area contributed by atoms with Gasteiger partial charge in [-0.3, -0.25) is 9.78 Å². The number of hydrogen-bond acceptors (Lipinski definition) is 4. The summed E-state index contributed by atoms with van der Waals surface area (Å²) in [5.41, 5.74) is 8.59. The number of fused-ring (bicyclic) bond motifs is 3. The summed E-state index contributed by atoms with van der Waals surface area (Å²) >= 11 is 0. The van der Waals surface area contributed by atoms with Gasteiger partial charge in [-0.2, -0.15) is 0 Å². The number of amides is 1. The number of para-hydroxylation sites is 1. The highest BCUT2D eigenvalue weighted by atomic mass is 16.2. The molecule has 108 valence electrons. The van der Waals surface area contributed by atoms with Gasteiger partial charge in [0, 0.05) is 32.4 Å². The molecular weight excluding hydrogens is 266 g/mol. The van der Waals surface area contributed by atoms with Gasteiger partial charge in [0.25, 0.3) is 0 Å². The maximum absolute atomic E-state index is 11.8. The van der Waals surface area contributed by atoms with Gasteiger partial charge < -0.3 is 15.2 Å². The van der Waals surface area contributed by atoms with Crippen LogP contribution in [0.5, 0.6) is 0 Å². The molecule has 3 aromatic rings. The van der Waals surface area contributed by atoms with E-state index in [9.17, 15) is 4.79 Å². The zero-order valence-electron chi connectivity index (χ0n) is 12.1. The number of rotatable bonds is 3. The van der Waals surface area contributed by atoms with Crippen LogP contribution >= 0.6 is 0 Å². The van der Waals surface area contributed by atoms with Crippen LogP contribution < -0.4 is 5.73 Å². The van der Waals surface area contributed by atoms with E-state index in [0.29, 0.717) is 18.9 Å². The van der Waals surface area contributed by atoms with Gasteiger partial charge in [0.05, 0.1) is 17.2 Å². The van der Waals surface area contributed by atoms with E-state index < -0.39 is 0 Å². The maximum atomic E-state index is 11.8. The van der Waals surface area contributed by atoms with E-state index in [1.54, 1.807) is 25.2 Å². The molecule has 2 N–H and O–H groups in total. The first-order chi connectivity index (χ1) is 10.1. The monoisotopic (exact) mass is 283 g/mol. The first-order valence-electron chi connectivity index (χ1n) is 6.77. The van der Waals surface area contributed by atoms with Crippen LogP contribution in [0, 0.1) is 0 Å². The molecule has 0 aliphatic heterocycles. The van der Waals surface area contributed by atoms with Crippen LogP contribution in [0.3, 0.4) is 0 Å². The highest BCUT2D eigenvalue weighted by molar-refractivity contribution is 6.02. The Morgan fingerprint density at radius 1 is 1.29 bits per heavy atom. The lowest BCUT2D eigenvalue weighted by Gasteiger charge is -2.12. The number of carbonyl (C=O) groups is 1. The quantitative estimate of drug-likeness (QED) is 0.792. The van der Waals surface area contributed by atoms with E-state index in [1.165, 1.54) is 0 Å². The zero-order valence-corrected chi connectivity index (χ0v) is 12.1. The van der Waals surface area contributed by atoms with Crippen molar-refractivity contribution in [2.24, 2.45) is 0 Å². The minimum atomic E-state index is 0.0645. The van der Waals surface area contributed by atoms with E-state index in [1.807, 2.05) is 28.8 Å². The van der Waals surface area contributed by atoms with Crippen LogP contribution in [-0.2, 0) is 11.3 Å². The molecular formula is C15H17N5O. The van der Waals surface area contributed by atoms with Gasteiger partial charge in [-0.05, 0) is 6.07 Å². The van der Waals surface area contributed by atoms with Gasteiger partial charge >= 0.3 is 0 Å². The SMILES string of the molecule is CN(C)C(=O)CCn1c(N)nc2cnc3ccccc3c21. The standard InChI is InChI=1S/C15H17N5O/c1-19(2)13(21)7-8-20-14-10-5-3-4-6-11(10)17-9-12(14)18-15(20)16/h3-6,9H,7-8H2,1-2H3,(H2,16,18). The molecule has 6 nitrogen and oxygen atoms in total. The van der Waals surface area contributed by atoms with Gasteiger partial charge in [0.15, 0.2) is 0 Å². The van der Waals surface area contributed by atoms with Gasteiger partial charge in [-0.15, -0.1) is 0 Å². The first kappa shape index (κ1) is 13.4. The number of nitrogens with two attached hydrogens (primary N) is 1. The van der Waals surface area contributed by atoms with Gasteiger partial charge in [0.1, 0.15) is 5.52 Å². The molecule has 3 rings (SSSR count). The average Bonchev–Trinajstić information content (AvgIpc) is 2.80. The van der Waals surface area contributed by atoms with Crippen LogP contribution in [0.15, 0.2) is 30.5 Å². The number of anilines is 1. The van der Waals surface area contributed by atoms with Crippen LogP contribution in [0.4, 0.5) is 5.95 Å². The summed E-state index contributed by atoms with van der Waals surface area (Å²) < 4.78 is 1.89. The number of nitrogen functional groups attached to an aromatic ring is 1. The van der Waals surface area contributed by atoms with E-state index >= 15 is 0 Å². The second-order valence-electron chi connectivity index (χ2n) is 5.17. The summed E-state index contributed by atoms with van der Waals surface area (Å²) in [6.45, 7) is 0.507. The molecule has 0 aliphatic rings. The van der Waals surface area contributed by atoms with E-state index in [2.05, 4.69) is 9.97 Å². The summed E-state index contributed by atoms with van der Waals surface area (Å²) in [6, 6.07) is 7.85. The number of hydrogen-bond donors (Lipinski definition) is 1. The van der Waals surface area contributed by atoms with Crippen LogP contribution in [-0.4, -0.2) is 39.4 Å². The Morgan fingerprint density at radius 2 is 2.05 bits per heavy atom. The molecule has 1 aromatic carbocycles. The molecule has 0 saturated carbocycles. The molecule has 2 aromatic heterocycles. The maximum Gasteiger partial charge on any atom is 0.223 e. The Morgan fingerprint density at radius 3 is 2.81 bits per heavy atom. The van der Waals surface area contributed by atoms with Gasteiger partial charge in [-0.25, -0.2) is 4.98 Å². The molecule has 0 atom stereocenters. The molecule has 6 heteroatoms. The van der Waals surface area contributed by atoms with E-state index in [4.69, 9.17) is 5.73 Å². The Kier molecular flexibility index (Phi) is 3.21. The second-order valence-corrected chi connectivity index (χ2v) is 5.17. The lowest BCUT2D eigenvalue weighted by Crippen LogP contribution is -2.23. The number of pyridine rings is 1. The highest BCUT2D eigenvalue weighted by Gasteiger charge is 2.13. The molecule has 0 fully saturated rings. The third-order valence-electron chi connectivity index (χ3n) is 3.56. The topological polar surface area (TPSA) is 77.0 Å². The average molecular weight is 283 g/mol. The molecule has 0 unspecified atom stereocenters. The van der Waals surface area contributed by atoms with Crippen molar-refractivity contribution in [3.05, 3.63) is 30.5 Å². The van der Waals surface area contributed by atoms with Crippen molar-refractivity contribution in [1.82, 2.24) is 19.4 Å². The summed E-state index contributed by atoms with van der Waals surface area (Å²) in [7, 11) is 3.49. The number of carbonyl (C=O) groups excluding carboxylic acids is 1. The minimum Gasteiger partial charge on any atom is -0.369 e. The van der Waals surface area contributed by atoms with Crippen molar-refractivity contribution >= 4 is 33.8 Å². The minimum absolute atomic E-state index is 0.0645. The fourth-order valence-corrected chi connectivity index (χ4v) is 2.44. The number of imidazole rings is 1. The highest BCUT2D eigenvalue weighted by Crippen LogP contribution is 2.25. The predicted molar refractivity (Wildman–Crippen MR) is 82.8 cm³/mol. The van der Waals surface area contributed by atoms with Crippen LogP contribution in [0.25, 0.3) is 21.9 Å². The van der Waals surface area contributed by atoms with Gasteiger partial charge in [0.2, 0.25) is 11.9 Å². The number of benzene rings is 1. The number of nitrogens with zero attached hydrogens (tertiary/aromatic N) is 4. The van der Waals surface area contributed by atoms with Crippen LogP contribution in [0.2, 0.25) is 0 Å². The fourth-order valence-electron chi connectivity index (χ4n) is 2.44. The van der Waals surface area contributed by atoms with E-state index in [0.717, 1.165) is 21.9 Å². The molecule has 1 amide bonds. The summed E-state index contributed by atoms with van der Waals surface area (Å²) in [4.78, 5) is 22.1. The fraction of sp³-hybridized carbons (Fsp3) is 0.267. The largest absolute Gasteiger partial charge is 0.369 e. The van der Waals surface area contributed by atoms with E-state index in [-0.39, 0.29) is 5.91 Å². The van der Waals surface area contributed by atoms with Crippen molar-refractivity contribution in [2.45, 2.75) is 13.0 Å². The normalized spacial score (nSPS) is 11.1. The predicted octanol–water partition coefficient (Wildman–Crippen LogP) is 1.64. The van der Waals surface area contributed by atoms with Crippen LogP contribution in [0.1, 0.15) is 6.42 Å². The Labute approximate surface area is 122 Å². The molecule has 21 heavy (non-hydrogen) atoms. The molecule has 2 heterocycles. The molecule has 0 aliphatic carbocycles. The molecule has 0 radical (unpaired) electrons. The number of aromatic nitrogens is 3. The molecule has 0 spiro atoms. The summed E-state index contributed by atoms with van der Waals surface area (Å²) in [5.74, 6) is 0.476. The third kappa shape index (κ3) is 2.29. The second kappa shape index (κ2) is 5.05. The summed E-state index contributed by atoms with van der Waals surface area (Å²) in [5, 5.41) is 0.997. The lowest BCUT2D eigenvalue weighted by atomic mass is 10.2. The first-order valence-corrected chi connectivity index (χ1v) is 6.77. The zero-order chi connectivity index (χ0) is 15.0. The van der Waals surface area contributed by atoms with Gasteiger partial charge in [-0.1, -0.05) is 18.2 Å². The Hall–Kier alpha value is -2.63. The Balaban J connectivity index is 2.11. The lowest BCUT2D eigenvalue weighted by molar-refractivity contribution is -0.128. The van der Waals surface area contributed by atoms with Crippen molar-refractivity contribution in [3.8, 4) is 0 Å². The third-order valence-corrected chi connectivity index (χ3v) is 3.56. The van der Waals surface area contributed by atoms with Crippen molar-refractivity contribution in [3.63, 3.8) is 0 Å². The Bertz CT molecular complexity index is 821. The van der Waals surface area contributed by atoms with Crippen molar-refractivity contribution in [2.75, 3.05) is 19.8 Å². The number of aryl methyl sites for hydroxylation is 1.